The number of carbonyl (C=O) groups is 1. The number of hydrogen-bond acceptors (Lipinski definition) is 2. The topological polar surface area (TPSA) is 26.3 Å². The molecule has 0 saturated carbocycles. The van der Waals surface area contributed by atoms with Gasteiger partial charge in [-0.1, -0.05) is 30.3 Å². The van der Waals surface area contributed by atoms with Crippen molar-refractivity contribution in [2.75, 3.05) is 5.88 Å². The number of halogens is 4. The number of alkyl halides is 4. The van der Waals surface area contributed by atoms with Crippen LogP contribution >= 0.6 is 11.6 Å². The zero-order chi connectivity index (χ0) is 12.2. The summed E-state index contributed by atoms with van der Waals surface area (Å²) in [7, 11) is 0. The average Bonchev–Trinajstić information content (AvgIpc) is 2.25. The Kier molecular flexibility index (Phi) is 4.18. The minimum atomic E-state index is -4.65. The fraction of sp³-hybridized carbons (Fsp3) is 0.300. The molecular formula is C10H8ClF3O2. The average molecular weight is 253 g/mol. The molecule has 6 heteroatoms. The molecule has 0 heterocycles. The van der Waals surface area contributed by atoms with Gasteiger partial charge in [0.2, 0.25) is 6.10 Å². The van der Waals surface area contributed by atoms with Crippen LogP contribution in [0.4, 0.5) is 13.2 Å². The Balaban J connectivity index is 2.93. The summed E-state index contributed by atoms with van der Waals surface area (Å²) in [5.74, 6) is -1.72. The maximum absolute atomic E-state index is 12.6. The van der Waals surface area contributed by atoms with E-state index in [2.05, 4.69) is 4.74 Å². The van der Waals surface area contributed by atoms with Gasteiger partial charge in [-0.2, -0.15) is 13.2 Å². The fourth-order valence-electron chi connectivity index (χ4n) is 1.11. The minimum Gasteiger partial charge on any atom is -0.447 e. The van der Waals surface area contributed by atoms with Crippen LogP contribution in [0.15, 0.2) is 30.3 Å². The minimum absolute atomic E-state index is 0.131. The highest BCUT2D eigenvalue weighted by molar-refractivity contribution is 6.26. The Morgan fingerprint density at radius 2 is 1.88 bits per heavy atom. The first-order valence-corrected chi connectivity index (χ1v) is 4.85. The molecule has 0 unspecified atom stereocenters. The second-order valence-electron chi connectivity index (χ2n) is 2.96. The quantitative estimate of drug-likeness (QED) is 0.610. The normalized spacial score (nSPS) is 13.2. The van der Waals surface area contributed by atoms with Crippen molar-refractivity contribution in [3.05, 3.63) is 35.9 Å². The SMILES string of the molecule is O=C(CCl)O[C@@H](c1ccccc1)C(F)(F)F. The second-order valence-corrected chi connectivity index (χ2v) is 3.22. The standard InChI is InChI=1S/C10H8ClF3O2/c11-6-8(15)16-9(10(12,13)14)7-4-2-1-3-5-7/h1-5,9H,6H2/t9-/m0/s1. The molecule has 0 fully saturated rings. The lowest BCUT2D eigenvalue weighted by Crippen LogP contribution is -2.26. The summed E-state index contributed by atoms with van der Waals surface area (Å²) in [5, 5.41) is 0. The van der Waals surface area contributed by atoms with E-state index in [0.717, 1.165) is 0 Å². The highest BCUT2D eigenvalue weighted by atomic mass is 35.5. The summed E-state index contributed by atoms with van der Waals surface area (Å²) in [6, 6.07) is 6.91. The van der Waals surface area contributed by atoms with Crippen LogP contribution < -0.4 is 0 Å². The molecule has 0 aliphatic heterocycles. The van der Waals surface area contributed by atoms with Crippen LogP contribution in [0.2, 0.25) is 0 Å². The van der Waals surface area contributed by atoms with E-state index in [-0.39, 0.29) is 5.56 Å². The number of rotatable bonds is 3. The third kappa shape index (κ3) is 3.41. The van der Waals surface area contributed by atoms with Gasteiger partial charge in [-0.25, -0.2) is 0 Å². The summed E-state index contributed by atoms with van der Waals surface area (Å²) in [6.45, 7) is 0. The van der Waals surface area contributed by atoms with E-state index in [9.17, 15) is 18.0 Å². The maximum atomic E-state index is 12.6. The van der Waals surface area contributed by atoms with Crippen LogP contribution in [0.3, 0.4) is 0 Å². The Hall–Kier alpha value is -1.23. The molecule has 88 valence electrons. The van der Waals surface area contributed by atoms with Gasteiger partial charge in [0.25, 0.3) is 0 Å². The van der Waals surface area contributed by atoms with Gasteiger partial charge in [-0.3, -0.25) is 4.79 Å². The Morgan fingerprint density at radius 1 is 1.31 bits per heavy atom. The van der Waals surface area contributed by atoms with Crippen LogP contribution in [0, 0.1) is 0 Å². The van der Waals surface area contributed by atoms with Crippen molar-refractivity contribution in [2.24, 2.45) is 0 Å². The van der Waals surface area contributed by atoms with Gasteiger partial charge in [0.05, 0.1) is 0 Å². The summed E-state index contributed by atoms with van der Waals surface area (Å²) < 4.78 is 42.0. The molecule has 1 aromatic carbocycles. The van der Waals surface area contributed by atoms with Crippen LogP contribution in [-0.4, -0.2) is 18.0 Å². The molecule has 0 bridgehead atoms. The van der Waals surface area contributed by atoms with Crippen molar-refractivity contribution in [1.82, 2.24) is 0 Å². The highest BCUT2D eigenvalue weighted by Crippen LogP contribution is 2.35. The van der Waals surface area contributed by atoms with Gasteiger partial charge in [0.1, 0.15) is 5.88 Å². The summed E-state index contributed by atoms with van der Waals surface area (Å²) in [4.78, 5) is 10.8. The molecule has 0 aromatic heterocycles. The number of ether oxygens (including phenoxy) is 1. The monoisotopic (exact) mass is 252 g/mol. The van der Waals surface area contributed by atoms with Crippen LogP contribution in [0.1, 0.15) is 11.7 Å². The molecule has 0 radical (unpaired) electrons. The van der Waals surface area contributed by atoms with Crippen molar-refractivity contribution < 1.29 is 22.7 Å². The lowest BCUT2D eigenvalue weighted by molar-refractivity contribution is -0.222. The molecule has 0 N–H and O–H groups in total. The number of esters is 1. The second kappa shape index (κ2) is 5.21. The fourth-order valence-corrected chi connectivity index (χ4v) is 1.18. The lowest BCUT2D eigenvalue weighted by atomic mass is 10.1. The summed E-state index contributed by atoms with van der Waals surface area (Å²) >= 11 is 5.09. The van der Waals surface area contributed by atoms with Crippen LogP contribution in [-0.2, 0) is 9.53 Å². The number of hydrogen-bond donors (Lipinski definition) is 0. The Morgan fingerprint density at radius 3 is 2.31 bits per heavy atom. The zero-order valence-corrected chi connectivity index (χ0v) is 8.76. The molecule has 0 amide bonds. The smallest absolute Gasteiger partial charge is 0.429 e. The number of benzene rings is 1. The first kappa shape index (κ1) is 12.8. The molecule has 1 aromatic rings. The molecule has 1 rings (SSSR count). The van der Waals surface area contributed by atoms with Crippen molar-refractivity contribution in [3.8, 4) is 0 Å². The van der Waals surface area contributed by atoms with Gasteiger partial charge in [-0.05, 0) is 0 Å². The third-order valence-corrected chi connectivity index (χ3v) is 1.98. The lowest BCUT2D eigenvalue weighted by Gasteiger charge is -2.20. The van der Waals surface area contributed by atoms with E-state index in [1.54, 1.807) is 6.07 Å². The third-order valence-electron chi connectivity index (χ3n) is 1.76. The Labute approximate surface area is 95.0 Å². The maximum Gasteiger partial charge on any atom is 0.429 e. The van der Waals surface area contributed by atoms with Gasteiger partial charge >= 0.3 is 12.1 Å². The summed E-state index contributed by atoms with van der Waals surface area (Å²) in [6.07, 6.45) is -6.91. The van der Waals surface area contributed by atoms with Gasteiger partial charge in [0, 0.05) is 5.56 Å². The number of carbonyl (C=O) groups excluding carboxylic acids is 1. The molecular weight excluding hydrogens is 245 g/mol. The molecule has 0 aliphatic rings. The zero-order valence-electron chi connectivity index (χ0n) is 8.00. The highest BCUT2D eigenvalue weighted by Gasteiger charge is 2.43. The molecule has 0 spiro atoms. The largest absolute Gasteiger partial charge is 0.447 e. The van der Waals surface area contributed by atoms with Crippen molar-refractivity contribution in [1.29, 1.82) is 0 Å². The van der Waals surface area contributed by atoms with E-state index < -0.39 is 24.1 Å². The molecule has 0 aliphatic carbocycles. The van der Waals surface area contributed by atoms with Crippen LogP contribution in [0.5, 0.6) is 0 Å². The molecule has 16 heavy (non-hydrogen) atoms. The van der Waals surface area contributed by atoms with Gasteiger partial charge in [0.15, 0.2) is 0 Å². The van der Waals surface area contributed by atoms with Crippen molar-refractivity contribution in [2.45, 2.75) is 12.3 Å². The van der Waals surface area contributed by atoms with Gasteiger partial charge in [-0.15, -0.1) is 11.6 Å². The van der Waals surface area contributed by atoms with E-state index in [1.165, 1.54) is 24.3 Å². The van der Waals surface area contributed by atoms with E-state index in [0.29, 0.717) is 0 Å². The first-order chi connectivity index (χ1) is 7.45. The Bertz CT molecular complexity index is 351. The van der Waals surface area contributed by atoms with Crippen molar-refractivity contribution in [3.63, 3.8) is 0 Å². The van der Waals surface area contributed by atoms with Crippen LogP contribution in [0.25, 0.3) is 0 Å². The molecule has 1 atom stereocenters. The summed E-state index contributed by atoms with van der Waals surface area (Å²) in [5.41, 5.74) is -0.131. The van der Waals surface area contributed by atoms with Gasteiger partial charge < -0.3 is 4.74 Å². The van der Waals surface area contributed by atoms with Crippen molar-refractivity contribution >= 4 is 17.6 Å². The predicted octanol–water partition coefficient (Wildman–Crippen LogP) is 3.07. The predicted molar refractivity (Wildman–Crippen MR) is 52.1 cm³/mol. The van der Waals surface area contributed by atoms with E-state index in [4.69, 9.17) is 11.6 Å². The molecule has 0 saturated heterocycles. The van der Waals surface area contributed by atoms with E-state index >= 15 is 0 Å². The first-order valence-electron chi connectivity index (χ1n) is 4.32. The molecule has 2 nitrogen and oxygen atoms in total. The van der Waals surface area contributed by atoms with E-state index in [1.807, 2.05) is 0 Å².